The Bertz CT molecular complexity index is 502. The number of rotatable bonds is 3. The van der Waals surface area contributed by atoms with Crippen molar-refractivity contribution >= 4 is 23.4 Å². The molecule has 1 N–H and O–H groups in total. The van der Waals surface area contributed by atoms with Crippen molar-refractivity contribution < 1.29 is 5.11 Å². The molecule has 0 unspecified atom stereocenters. The van der Waals surface area contributed by atoms with Crippen LogP contribution in [0.5, 0.6) is 0 Å². The van der Waals surface area contributed by atoms with E-state index in [9.17, 15) is 5.11 Å². The molecule has 0 aliphatic rings. The molecule has 2 aromatic heterocycles. The lowest BCUT2D eigenvalue weighted by atomic mass is 10.2. The standard InChI is InChI=1S/C12H11ClN2OS/c1-8(16)10-3-2-6-14-12(10)17-11-5-4-9(13)7-15-11/h2-8,16H,1H3/t8-/m0/s1. The summed E-state index contributed by atoms with van der Waals surface area (Å²) in [6.07, 6.45) is 2.75. The van der Waals surface area contributed by atoms with E-state index in [2.05, 4.69) is 9.97 Å². The molecule has 88 valence electrons. The normalized spacial score (nSPS) is 12.4. The molecule has 1 atom stereocenters. The Morgan fingerprint density at radius 3 is 2.76 bits per heavy atom. The zero-order valence-corrected chi connectivity index (χ0v) is 10.7. The topological polar surface area (TPSA) is 46.0 Å². The fraction of sp³-hybridized carbons (Fsp3) is 0.167. The smallest absolute Gasteiger partial charge is 0.108 e. The number of aliphatic hydroxyl groups is 1. The van der Waals surface area contributed by atoms with Gasteiger partial charge in [-0.05, 0) is 36.9 Å². The van der Waals surface area contributed by atoms with Gasteiger partial charge in [0.2, 0.25) is 0 Å². The van der Waals surface area contributed by atoms with E-state index in [-0.39, 0.29) is 0 Å². The van der Waals surface area contributed by atoms with Crippen LogP contribution in [0.25, 0.3) is 0 Å². The van der Waals surface area contributed by atoms with Gasteiger partial charge in [0.25, 0.3) is 0 Å². The van der Waals surface area contributed by atoms with Gasteiger partial charge in [-0.3, -0.25) is 0 Å². The first kappa shape index (κ1) is 12.4. The van der Waals surface area contributed by atoms with Crippen LogP contribution in [-0.2, 0) is 0 Å². The molecule has 3 nitrogen and oxygen atoms in total. The fourth-order valence-electron chi connectivity index (χ4n) is 1.33. The summed E-state index contributed by atoms with van der Waals surface area (Å²) in [6, 6.07) is 7.27. The summed E-state index contributed by atoms with van der Waals surface area (Å²) in [5.41, 5.74) is 0.800. The number of hydrogen-bond acceptors (Lipinski definition) is 4. The van der Waals surface area contributed by atoms with Gasteiger partial charge in [-0.1, -0.05) is 17.7 Å². The lowest BCUT2D eigenvalue weighted by Gasteiger charge is -2.09. The number of aliphatic hydroxyl groups excluding tert-OH is 1. The molecule has 0 saturated carbocycles. The maximum atomic E-state index is 9.63. The third-order valence-corrected chi connectivity index (χ3v) is 3.36. The molecule has 5 heteroatoms. The Morgan fingerprint density at radius 2 is 2.12 bits per heavy atom. The average Bonchev–Trinajstić information content (AvgIpc) is 2.32. The predicted octanol–water partition coefficient (Wildman–Crippen LogP) is 3.33. The van der Waals surface area contributed by atoms with Gasteiger partial charge >= 0.3 is 0 Å². The third kappa shape index (κ3) is 3.19. The second kappa shape index (κ2) is 5.49. The highest BCUT2D eigenvalue weighted by Crippen LogP contribution is 2.30. The molecular formula is C12H11ClN2OS. The lowest BCUT2D eigenvalue weighted by molar-refractivity contribution is 0.195. The molecule has 2 aromatic rings. The number of nitrogens with zero attached hydrogens (tertiary/aromatic N) is 2. The van der Waals surface area contributed by atoms with Crippen molar-refractivity contribution in [3.8, 4) is 0 Å². The first-order chi connectivity index (χ1) is 8.16. The van der Waals surface area contributed by atoms with Crippen LogP contribution < -0.4 is 0 Å². The Morgan fingerprint density at radius 1 is 1.29 bits per heavy atom. The van der Waals surface area contributed by atoms with Crippen LogP contribution in [0.4, 0.5) is 0 Å². The zero-order valence-electron chi connectivity index (χ0n) is 9.17. The minimum absolute atomic E-state index is 0.543. The highest BCUT2D eigenvalue weighted by Gasteiger charge is 2.10. The van der Waals surface area contributed by atoms with Crippen molar-refractivity contribution in [3.05, 3.63) is 47.2 Å². The quantitative estimate of drug-likeness (QED) is 0.926. The summed E-state index contributed by atoms with van der Waals surface area (Å²) in [7, 11) is 0. The SMILES string of the molecule is C[C@H](O)c1cccnc1Sc1ccc(Cl)cn1. The Balaban J connectivity index is 2.26. The summed E-state index contributed by atoms with van der Waals surface area (Å²) < 4.78 is 0. The summed E-state index contributed by atoms with van der Waals surface area (Å²) in [6.45, 7) is 1.72. The highest BCUT2D eigenvalue weighted by molar-refractivity contribution is 7.99. The van der Waals surface area contributed by atoms with E-state index in [1.807, 2.05) is 12.1 Å². The van der Waals surface area contributed by atoms with Crippen molar-refractivity contribution in [3.63, 3.8) is 0 Å². The minimum atomic E-state index is -0.543. The number of halogens is 1. The van der Waals surface area contributed by atoms with E-state index >= 15 is 0 Å². The first-order valence-electron chi connectivity index (χ1n) is 5.09. The van der Waals surface area contributed by atoms with Crippen LogP contribution in [-0.4, -0.2) is 15.1 Å². The number of aromatic nitrogens is 2. The lowest BCUT2D eigenvalue weighted by Crippen LogP contribution is -1.96. The summed E-state index contributed by atoms with van der Waals surface area (Å²) >= 11 is 7.18. The van der Waals surface area contributed by atoms with Gasteiger partial charge in [-0.2, -0.15) is 0 Å². The van der Waals surface area contributed by atoms with Crippen molar-refractivity contribution in [1.82, 2.24) is 9.97 Å². The summed E-state index contributed by atoms with van der Waals surface area (Å²) in [5, 5.41) is 11.8. The second-order valence-electron chi connectivity index (χ2n) is 3.49. The number of pyridine rings is 2. The molecule has 0 fully saturated rings. The maximum absolute atomic E-state index is 9.63. The second-order valence-corrected chi connectivity index (χ2v) is 4.94. The van der Waals surface area contributed by atoms with Gasteiger partial charge in [-0.15, -0.1) is 0 Å². The molecule has 2 heterocycles. The van der Waals surface area contributed by atoms with E-state index in [1.165, 1.54) is 11.8 Å². The third-order valence-electron chi connectivity index (χ3n) is 2.15. The van der Waals surface area contributed by atoms with E-state index in [1.54, 1.807) is 31.5 Å². The summed E-state index contributed by atoms with van der Waals surface area (Å²) in [5.74, 6) is 0. The van der Waals surface area contributed by atoms with E-state index in [4.69, 9.17) is 11.6 Å². The first-order valence-corrected chi connectivity index (χ1v) is 6.28. The number of hydrogen-bond donors (Lipinski definition) is 1. The molecule has 0 aromatic carbocycles. The fourth-order valence-corrected chi connectivity index (χ4v) is 2.35. The minimum Gasteiger partial charge on any atom is -0.389 e. The molecule has 17 heavy (non-hydrogen) atoms. The van der Waals surface area contributed by atoms with Crippen LogP contribution >= 0.6 is 23.4 Å². The summed E-state index contributed by atoms with van der Waals surface area (Å²) in [4.78, 5) is 8.43. The molecule has 0 radical (unpaired) electrons. The van der Waals surface area contributed by atoms with Crippen LogP contribution in [0.15, 0.2) is 46.7 Å². The van der Waals surface area contributed by atoms with Crippen LogP contribution in [0.2, 0.25) is 5.02 Å². The Labute approximate surface area is 109 Å². The van der Waals surface area contributed by atoms with Crippen LogP contribution in [0, 0.1) is 0 Å². The largest absolute Gasteiger partial charge is 0.389 e. The highest BCUT2D eigenvalue weighted by atomic mass is 35.5. The molecule has 0 amide bonds. The van der Waals surface area contributed by atoms with E-state index in [0.29, 0.717) is 5.02 Å². The van der Waals surface area contributed by atoms with Crippen LogP contribution in [0.3, 0.4) is 0 Å². The van der Waals surface area contributed by atoms with Gasteiger partial charge < -0.3 is 5.11 Å². The molecule has 0 bridgehead atoms. The van der Waals surface area contributed by atoms with Crippen molar-refractivity contribution in [2.45, 2.75) is 23.1 Å². The van der Waals surface area contributed by atoms with Crippen molar-refractivity contribution in [2.24, 2.45) is 0 Å². The molecule has 0 spiro atoms. The average molecular weight is 267 g/mol. The van der Waals surface area contributed by atoms with Crippen molar-refractivity contribution in [2.75, 3.05) is 0 Å². The maximum Gasteiger partial charge on any atom is 0.108 e. The van der Waals surface area contributed by atoms with Gasteiger partial charge in [-0.25, -0.2) is 9.97 Å². The van der Waals surface area contributed by atoms with Gasteiger partial charge in [0.05, 0.1) is 11.1 Å². The Kier molecular flexibility index (Phi) is 3.99. The van der Waals surface area contributed by atoms with Gasteiger partial charge in [0.15, 0.2) is 0 Å². The monoisotopic (exact) mass is 266 g/mol. The van der Waals surface area contributed by atoms with E-state index < -0.39 is 6.10 Å². The van der Waals surface area contributed by atoms with Gasteiger partial charge in [0.1, 0.15) is 10.1 Å². The molecular weight excluding hydrogens is 256 g/mol. The molecule has 2 rings (SSSR count). The zero-order chi connectivity index (χ0) is 12.3. The van der Waals surface area contributed by atoms with Crippen LogP contribution in [0.1, 0.15) is 18.6 Å². The van der Waals surface area contributed by atoms with Gasteiger partial charge in [0, 0.05) is 18.0 Å². The van der Waals surface area contributed by atoms with Crippen molar-refractivity contribution in [1.29, 1.82) is 0 Å². The molecule has 0 aliphatic carbocycles. The molecule has 0 aliphatic heterocycles. The van der Waals surface area contributed by atoms with E-state index in [0.717, 1.165) is 15.6 Å². The predicted molar refractivity (Wildman–Crippen MR) is 68.2 cm³/mol. The molecule has 0 saturated heterocycles. The Hall–Kier alpha value is -1.10.